The van der Waals surface area contributed by atoms with Gasteiger partial charge >= 0.3 is 5.97 Å². The Labute approximate surface area is 184 Å². The Bertz CT molecular complexity index is 1060. The summed E-state index contributed by atoms with van der Waals surface area (Å²) in [5.41, 5.74) is 3.70. The number of carbonyl (C=O) groups is 2. The summed E-state index contributed by atoms with van der Waals surface area (Å²) in [6.45, 7) is 0. The normalized spacial score (nSPS) is 15.3. The van der Waals surface area contributed by atoms with Crippen molar-refractivity contribution in [1.29, 1.82) is 0 Å². The Morgan fingerprint density at radius 3 is 2.57 bits per heavy atom. The summed E-state index contributed by atoms with van der Waals surface area (Å²) in [4.78, 5) is 26.3. The molecule has 0 saturated carbocycles. The second kappa shape index (κ2) is 9.02. The fourth-order valence-electron chi connectivity index (χ4n) is 3.96. The van der Waals surface area contributed by atoms with Crippen molar-refractivity contribution < 1.29 is 14.3 Å². The lowest BCUT2D eigenvalue weighted by Crippen LogP contribution is -2.17. The third kappa shape index (κ3) is 4.42. The van der Waals surface area contributed by atoms with Crippen molar-refractivity contribution in [2.75, 3.05) is 12.4 Å². The first-order valence-electron chi connectivity index (χ1n) is 9.87. The van der Waals surface area contributed by atoms with Crippen LogP contribution in [0.2, 0.25) is 5.02 Å². The summed E-state index contributed by atoms with van der Waals surface area (Å²) in [6, 6.07) is 17.6. The number of anilines is 1. The van der Waals surface area contributed by atoms with Gasteiger partial charge in [-0.15, -0.1) is 11.3 Å². The van der Waals surface area contributed by atoms with Crippen LogP contribution in [0.5, 0.6) is 0 Å². The van der Waals surface area contributed by atoms with Crippen molar-refractivity contribution in [3.63, 3.8) is 0 Å². The van der Waals surface area contributed by atoms with Gasteiger partial charge in [0.15, 0.2) is 0 Å². The number of thiophene rings is 1. The van der Waals surface area contributed by atoms with Crippen molar-refractivity contribution in [2.45, 2.75) is 31.6 Å². The molecule has 0 fully saturated rings. The van der Waals surface area contributed by atoms with Crippen LogP contribution in [0, 0.1) is 0 Å². The summed E-state index contributed by atoms with van der Waals surface area (Å²) in [6.07, 6.45) is 2.84. The summed E-state index contributed by atoms with van der Waals surface area (Å²) in [5.74, 6) is -0.145. The number of halogens is 1. The van der Waals surface area contributed by atoms with Gasteiger partial charge in [-0.05, 0) is 54.0 Å². The lowest BCUT2D eigenvalue weighted by atomic mass is 9.83. The lowest BCUT2D eigenvalue weighted by molar-refractivity contribution is -0.115. The molecule has 1 unspecified atom stereocenters. The monoisotopic (exact) mass is 439 g/mol. The number of methoxy groups -OCH3 is 1. The number of benzene rings is 2. The van der Waals surface area contributed by atoms with E-state index >= 15 is 0 Å². The second-order valence-electron chi connectivity index (χ2n) is 7.40. The Hall–Kier alpha value is -2.63. The van der Waals surface area contributed by atoms with Gasteiger partial charge in [-0.25, -0.2) is 4.79 Å². The van der Waals surface area contributed by atoms with E-state index in [1.165, 1.54) is 24.0 Å². The van der Waals surface area contributed by atoms with Crippen molar-refractivity contribution >= 4 is 39.8 Å². The molecule has 1 atom stereocenters. The largest absolute Gasteiger partial charge is 0.465 e. The van der Waals surface area contributed by atoms with Gasteiger partial charge in [0.05, 0.1) is 19.1 Å². The summed E-state index contributed by atoms with van der Waals surface area (Å²) in [7, 11) is 1.38. The molecule has 4 nitrogen and oxygen atoms in total. The molecule has 1 aliphatic carbocycles. The lowest BCUT2D eigenvalue weighted by Gasteiger charge is -2.22. The van der Waals surface area contributed by atoms with E-state index in [0.717, 1.165) is 35.3 Å². The van der Waals surface area contributed by atoms with E-state index in [1.54, 1.807) is 12.1 Å². The Morgan fingerprint density at radius 2 is 1.87 bits per heavy atom. The Morgan fingerprint density at radius 1 is 1.13 bits per heavy atom. The maximum Gasteiger partial charge on any atom is 0.341 e. The summed E-state index contributed by atoms with van der Waals surface area (Å²) < 4.78 is 5.03. The molecule has 1 amide bonds. The number of amides is 1. The molecule has 1 aromatic heterocycles. The highest BCUT2D eigenvalue weighted by atomic mass is 35.5. The molecule has 0 saturated heterocycles. The first-order chi connectivity index (χ1) is 14.5. The van der Waals surface area contributed by atoms with Crippen LogP contribution in [0.1, 0.15) is 44.3 Å². The minimum absolute atomic E-state index is 0.166. The van der Waals surface area contributed by atoms with Gasteiger partial charge in [-0.3, -0.25) is 4.79 Å². The van der Waals surface area contributed by atoms with E-state index in [1.807, 2.05) is 18.2 Å². The number of rotatable bonds is 5. The number of ether oxygens (including phenoxy) is 1. The third-order valence-electron chi connectivity index (χ3n) is 5.46. The van der Waals surface area contributed by atoms with E-state index in [4.69, 9.17) is 16.3 Å². The number of carbonyl (C=O) groups excluding carboxylic acids is 2. The van der Waals surface area contributed by atoms with Crippen LogP contribution in [0.3, 0.4) is 0 Å². The third-order valence-corrected chi connectivity index (χ3v) is 6.88. The first-order valence-corrected chi connectivity index (χ1v) is 11.1. The quantitative estimate of drug-likeness (QED) is 0.523. The minimum atomic E-state index is -0.396. The van der Waals surface area contributed by atoms with Gasteiger partial charge in [-0.1, -0.05) is 54.1 Å². The first kappa shape index (κ1) is 20.6. The summed E-state index contributed by atoms with van der Waals surface area (Å²) >= 11 is 7.40. The molecule has 154 valence electrons. The molecule has 6 heteroatoms. The molecule has 2 aromatic carbocycles. The maximum atomic E-state index is 12.6. The number of esters is 1. The maximum absolute atomic E-state index is 12.6. The molecule has 1 N–H and O–H groups in total. The van der Waals surface area contributed by atoms with Gasteiger partial charge in [0.2, 0.25) is 5.91 Å². The van der Waals surface area contributed by atoms with Crippen LogP contribution in [-0.4, -0.2) is 19.0 Å². The highest BCUT2D eigenvalue weighted by Crippen LogP contribution is 2.42. The fraction of sp³-hybridized carbons (Fsp3) is 0.250. The van der Waals surface area contributed by atoms with E-state index in [2.05, 4.69) is 29.6 Å². The highest BCUT2D eigenvalue weighted by Gasteiger charge is 2.30. The number of nitrogens with one attached hydrogen (secondary N) is 1. The van der Waals surface area contributed by atoms with Gasteiger partial charge in [0.1, 0.15) is 5.00 Å². The van der Waals surface area contributed by atoms with Gasteiger partial charge in [0, 0.05) is 9.90 Å². The van der Waals surface area contributed by atoms with Gasteiger partial charge in [0.25, 0.3) is 0 Å². The topological polar surface area (TPSA) is 55.4 Å². The van der Waals surface area contributed by atoms with Crippen LogP contribution in [-0.2, 0) is 28.8 Å². The highest BCUT2D eigenvalue weighted by molar-refractivity contribution is 7.17. The molecular formula is C24H22ClNO3S. The van der Waals surface area contributed by atoms with Crippen molar-refractivity contribution in [2.24, 2.45) is 0 Å². The molecule has 0 aliphatic heterocycles. The van der Waals surface area contributed by atoms with Gasteiger partial charge in [-0.2, -0.15) is 0 Å². The standard InChI is InChI=1S/C24H22ClNO3S/c1-29-24(28)22-19-12-9-17(16-5-3-2-4-6-16)14-20(19)30-23(22)26-21(27)13-15-7-10-18(25)11-8-15/h2-8,10-11,17H,9,12-14H2,1H3,(H,26,27). The zero-order valence-electron chi connectivity index (χ0n) is 16.6. The van der Waals surface area contributed by atoms with Crippen molar-refractivity contribution in [1.82, 2.24) is 0 Å². The average Bonchev–Trinajstić information content (AvgIpc) is 3.12. The second-order valence-corrected chi connectivity index (χ2v) is 8.94. The average molecular weight is 440 g/mol. The molecule has 0 bridgehead atoms. The molecule has 1 heterocycles. The van der Waals surface area contributed by atoms with Crippen LogP contribution >= 0.6 is 22.9 Å². The molecular weight excluding hydrogens is 418 g/mol. The van der Waals surface area contributed by atoms with Crippen LogP contribution in [0.4, 0.5) is 5.00 Å². The number of fused-ring (bicyclic) bond motifs is 1. The zero-order chi connectivity index (χ0) is 21.1. The van der Waals surface area contributed by atoms with E-state index in [0.29, 0.717) is 21.5 Å². The Balaban J connectivity index is 1.57. The van der Waals surface area contributed by atoms with E-state index in [9.17, 15) is 9.59 Å². The van der Waals surface area contributed by atoms with Crippen molar-refractivity contribution in [3.8, 4) is 0 Å². The smallest absolute Gasteiger partial charge is 0.341 e. The molecule has 4 rings (SSSR count). The SMILES string of the molecule is COC(=O)c1c(NC(=O)Cc2ccc(Cl)cc2)sc2c1CCC(c1ccccc1)C2. The van der Waals surface area contributed by atoms with Crippen molar-refractivity contribution in [3.05, 3.63) is 86.8 Å². The zero-order valence-corrected chi connectivity index (χ0v) is 18.2. The fourth-order valence-corrected chi connectivity index (χ4v) is 5.42. The van der Waals surface area contributed by atoms with E-state index < -0.39 is 5.97 Å². The number of hydrogen-bond donors (Lipinski definition) is 1. The minimum Gasteiger partial charge on any atom is -0.465 e. The van der Waals surface area contributed by atoms with Gasteiger partial charge < -0.3 is 10.1 Å². The predicted molar refractivity (Wildman–Crippen MR) is 121 cm³/mol. The van der Waals surface area contributed by atoms with Crippen LogP contribution in [0.15, 0.2) is 54.6 Å². The molecule has 3 aromatic rings. The Kier molecular flexibility index (Phi) is 6.21. The van der Waals surface area contributed by atoms with Crippen LogP contribution in [0.25, 0.3) is 0 Å². The molecule has 0 radical (unpaired) electrons. The van der Waals surface area contributed by atoms with E-state index in [-0.39, 0.29) is 12.3 Å². The number of hydrogen-bond acceptors (Lipinski definition) is 4. The molecule has 30 heavy (non-hydrogen) atoms. The van der Waals surface area contributed by atoms with Crippen LogP contribution < -0.4 is 5.32 Å². The summed E-state index contributed by atoms with van der Waals surface area (Å²) in [5, 5.41) is 4.16. The molecule has 1 aliphatic rings. The molecule has 0 spiro atoms. The predicted octanol–water partition coefficient (Wildman–Crippen LogP) is 5.64.